The fourth-order valence-corrected chi connectivity index (χ4v) is 4.67. The van der Waals surface area contributed by atoms with E-state index in [1.54, 1.807) is 0 Å². The first kappa shape index (κ1) is 26.5. The van der Waals surface area contributed by atoms with Crippen molar-refractivity contribution in [3.8, 4) is 0 Å². The minimum atomic E-state index is -4.90. The fourth-order valence-electron chi connectivity index (χ4n) is 2.78. The summed E-state index contributed by atoms with van der Waals surface area (Å²) in [7, 11) is -9.80. The van der Waals surface area contributed by atoms with Crippen LogP contribution in [-0.4, -0.2) is 37.2 Å². The Hall–Kier alpha value is -0.480. The SMILES string of the molecule is CCCCCCCC/C=C\CCCCCCCNC(S(=O)(=O)O)S(=O)(=O)O. The van der Waals surface area contributed by atoms with Gasteiger partial charge in [-0.3, -0.25) is 14.4 Å². The lowest BCUT2D eigenvalue weighted by Gasteiger charge is -2.12. The number of nitrogens with one attached hydrogen (secondary N) is 1. The second kappa shape index (κ2) is 15.4. The summed E-state index contributed by atoms with van der Waals surface area (Å²) in [6.45, 7) is 2.31. The zero-order chi connectivity index (χ0) is 20.6. The lowest BCUT2D eigenvalue weighted by molar-refractivity contribution is 0.438. The Kier molecular flexibility index (Phi) is 15.2. The van der Waals surface area contributed by atoms with Crippen molar-refractivity contribution in [3.63, 3.8) is 0 Å². The van der Waals surface area contributed by atoms with E-state index in [4.69, 9.17) is 9.11 Å². The molecule has 162 valence electrons. The average molecular weight is 428 g/mol. The van der Waals surface area contributed by atoms with Gasteiger partial charge < -0.3 is 0 Å². The smallest absolute Gasteiger partial charge is 0.284 e. The van der Waals surface area contributed by atoms with E-state index in [2.05, 4.69) is 24.4 Å². The molecule has 0 aliphatic heterocycles. The highest BCUT2D eigenvalue weighted by atomic mass is 32.3. The van der Waals surface area contributed by atoms with E-state index in [1.165, 1.54) is 38.5 Å². The molecule has 0 aliphatic rings. The van der Waals surface area contributed by atoms with E-state index >= 15 is 0 Å². The van der Waals surface area contributed by atoms with Crippen molar-refractivity contribution in [2.24, 2.45) is 0 Å². The van der Waals surface area contributed by atoms with Gasteiger partial charge in [0.15, 0.2) is 0 Å². The zero-order valence-corrected chi connectivity index (χ0v) is 18.1. The number of hydrogen-bond acceptors (Lipinski definition) is 5. The molecule has 0 rings (SSSR count). The summed E-state index contributed by atoms with van der Waals surface area (Å²) in [5.74, 6) is 0. The van der Waals surface area contributed by atoms with E-state index in [1.807, 2.05) is 0 Å². The van der Waals surface area contributed by atoms with E-state index in [0.29, 0.717) is 6.42 Å². The highest BCUT2D eigenvalue weighted by Crippen LogP contribution is 2.09. The summed E-state index contributed by atoms with van der Waals surface area (Å²) in [5, 5.41) is 2.16. The molecule has 0 amide bonds. The largest absolute Gasteiger partial charge is 0.298 e. The molecule has 0 heterocycles. The van der Waals surface area contributed by atoms with Gasteiger partial charge >= 0.3 is 0 Å². The highest BCUT2D eigenvalue weighted by Gasteiger charge is 2.34. The van der Waals surface area contributed by atoms with Crippen molar-refractivity contribution in [2.75, 3.05) is 6.54 Å². The zero-order valence-electron chi connectivity index (χ0n) is 16.5. The molecule has 0 spiro atoms. The van der Waals surface area contributed by atoms with Crippen molar-refractivity contribution in [2.45, 2.75) is 95.1 Å². The summed E-state index contributed by atoms with van der Waals surface area (Å²) < 4.78 is 58.9. The summed E-state index contributed by atoms with van der Waals surface area (Å²) >= 11 is 0. The Morgan fingerprint density at radius 1 is 0.704 bits per heavy atom. The van der Waals surface area contributed by atoms with Gasteiger partial charge in [-0.25, -0.2) is 0 Å². The summed E-state index contributed by atoms with van der Waals surface area (Å²) in [6.07, 6.45) is 19.1. The molecule has 0 saturated heterocycles. The van der Waals surface area contributed by atoms with Crippen LogP contribution in [0.3, 0.4) is 0 Å². The van der Waals surface area contributed by atoms with E-state index in [0.717, 1.165) is 38.5 Å². The Bertz CT molecular complexity index is 555. The molecule has 3 N–H and O–H groups in total. The molecular weight excluding hydrogens is 390 g/mol. The monoisotopic (exact) mass is 427 g/mol. The third-order valence-corrected chi connectivity index (χ3v) is 7.17. The molecule has 0 bridgehead atoms. The number of hydrogen-bond donors (Lipinski definition) is 3. The van der Waals surface area contributed by atoms with Crippen LogP contribution in [-0.2, 0) is 20.2 Å². The van der Waals surface area contributed by atoms with Crippen molar-refractivity contribution in [1.29, 1.82) is 0 Å². The van der Waals surface area contributed by atoms with Gasteiger partial charge in [0.25, 0.3) is 24.9 Å². The normalized spacial score (nSPS) is 13.0. The standard InChI is InChI=1S/C18H37NO6S2/c1-2-3-4-5-6-7-8-9-10-11-12-13-14-15-16-17-19-18(26(20,21)22)27(23,24)25/h9-10,18-19H,2-8,11-17H2,1H3,(H,20,21,22)(H,23,24,25)/b10-9-. The predicted octanol–water partition coefficient (Wildman–Crippen LogP) is 4.28. The van der Waals surface area contributed by atoms with Gasteiger partial charge in [0.2, 0.25) is 0 Å². The minimum absolute atomic E-state index is 0.0857. The first-order chi connectivity index (χ1) is 12.7. The van der Waals surface area contributed by atoms with Gasteiger partial charge in [-0.2, -0.15) is 16.8 Å². The molecule has 0 aromatic rings. The van der Waals surface area contributed by atoms with Crippen molar-refractivity contribution < 1.29 is 25.9 Å². The number of allylic oxidation sites excluding steroid dienone is 2. The summed E-state index contributed by atoms with van der Waals surface area (Å²) in [4.78, 5) is 0. The van der Waals surface area contributed by atoms with Crippen molar-refractivity contribution in [1.82, 2.24) is 5.32 Å². The van der Waals surface area contributed by atoms with Crippen LogP contribution in [0.2, 0.25) is 0 Å². The molecule has 0 unspecified atom stereocenters. The van der Waals surface area contributed by atoms with Crippen molar-refractivity contribution >= 4 is 20.2 Å². The highest BCUT2D eigenvalue weighted by molar-refractivity contribution is 8.03. The van der Waals surface area contributed by atoms with Gasteiger partial charge in [-0.05, 0) is 38.6 Å². The van der Waals surface area contributed by atoms with Crippen LogP contribution in [0.1, 0.15) is 90.4 Å². The number of rotatable bonds is 18. The molecule has 0 radical (unpaired) electrons. The summed E-state index contributed by atoms with van der Waals surface area (Å²) in [6, 6.07) is 0. The Morgan fingerprint density at radius 2 is 1.11 bits per heavy atom. The van der Waals surface area contributed by atoms with Crippen LogP contribution >= 0.6 is 0 Å². The molecular formula is C18H37NO6S2. The Morgan fingerprint density at radius 3 is 1.56 bits per heavy atom. The molecule has 27 heavy (non-hydrogen) atoms. The predicted molar refractivity (Wildman–Crippen MR) is 110 cm³/mol. The van der Waals surface area contributed by atoms with E-state index < -0.39 is 24.9 Å². The second-order valence-corrected chi connectivity index (χ2v) is 10.2. The molecule has 0 fully saturated rings. The van der Waals surface area contributed by atoms with Gasteiger partial charge in [0, 0.05) is 0 Å². The average Bonchev–Trinajstić information content (AvgIpc) is 2.55. The van der Waals surface area contributed by atoms with Crippen LogP contribution in [0.15, 0.2) is 12.2 Å². The Labute approximate surface area is 165 Å². The maximum Gasteiger partial charge on any atom is 0.298 e. The van der Waals surface area contributed by atoms with Gasteiger partial charge in [-0.1, -0.05) is 70.4 Å². The molecule has 0 saturated carbocycles. The maximum atomic E-state index is 10.9. The van der Waals surface area contributed by atoms with Crippen LogP contribution < -0.4 is 5.32 Å². The third-order valence-electron chi connectivity index (χ3n) is 4.29. The molecule has 7 nitrogen and oxygen atoms in total. The molecule has 9 heteroatoms. The van der Waals surface area contributed by atoms with E-state index in [9.17, 15) is 16.8 Å². The lowest BCUT2D eigenvalue weighted by atomic mass is 10.1. The quantitative estimate of drug-likeness (QED) is 0.169. The van der Waals surface area contributed by atoms with Gasteiger partial charge in [0.05, 0.1) is 0 Å². The third kappa shape index (κ3) is 16.2. The number of unbranched alkanes of at least 4 members (excludes halogenated alkanes) is 11. The lowest BCUT2D eigenvalue weighted by Crippen LogP contribution is -2.43. The maximum absolute atomic E-state index is 10.9. The molecule has 0 aromatic carbocycles. The topological polar surface area (TPSA) is 121 Å². The van der Waals surface area contributed by atoms with Crippen LogP contribution in [0.25, 0.3) is 0 Å². The van der Waals surface area contributed by atoms with Gasteiger partial charge in [-0.15, -0.1) is 0 Å². The minimum Gasteiger partial charge on any atom is -0.284 e. The van der Waals surface area contributed by atoms with Gasteiger partial charge in [0.1, 0.15) is 0 Å². The van der Waals surface area contributed by atoms with Crippen LogP contribution in [0.4, 0.5) is 0 Å². The van der Waals surface area contributed by atoms with Crippen LogP contribution in [0, 0.1) is 0 Å². The fraction of sp³-hybridized carbons (Fsp3) is 0.889. The first-order valence-corrected chi connectivity index (χ1v) is 13.0. The van der Waals surface area contributed by atoms with Crippen LogP contribution in [0.5, 0.6) is 0 Å². The molecule has 0 atom stereocenters. The second-order valence-electron chi connectivity index (χ2n) is 6.90. The summed E-state index contributed by atoms with van der Waals surface area (Å²) in [5.41, 5.74) is 0. The molecule has 0 aliphatic carbocycles. The van der Waals surface area contributed by atoms with E-state index in [-0.39, 0.29) is 6.54 Å². The first-order valence-electron chi connectivity index (χ1n) is 10.0. The molecule has 0 aromatic heterocycles. The Balaban J connectivity index is 3.56. The van der Waals surface area contributed by atoms with Crippen molar-refractivity contribution in [3.05, 3.63) is 12.2 Å².